The fourth-order valence-electron chi connectivity index (χ4n) is 1.97. The lowest BCUT2D eigenvalue weighted by atomic mass is 10.2. The zero-order valence-electron chi connectivity index (χ0n) is 11.6. The van der Waals surface area contributed by atoms with Gasteiger partial charge in [-0.25, -0.2) is 4.39 Å². The summed E-state index contributed by atoms with van der Waals surface area (Å²) in [7, 11) is 0. The van der Waals surface area contributed by atoms with E-state index in [1.165, 1.54) is 12.3 Å². The molecule has 110 valence electrons. The molecule has 0 aliphatic carbocycles. The van der Waals surface area contributed by atoms with Crippen molar-refractivity contribution in [3.8, 4) is 0 Å². The SMILES string of the molecule is NCCCN(Cc1cccnc1)C(=O)c1ccncc1F. The molecule has 1 amide bonds. The van der Waals surface area contributed by atoms with Gasteiger partial charge in [-0.15, -0.1) is 0 Å². The third-order valence-corrected chi connectivity index (χ3v) is 3.02. The van der Waals surface area contributed by atoms with Crippen LogP contribution in [-0.4, -0.2) is 33.9 Å². The molecule has 2 N–H and O–H groups in total. The molecule has 0 fully saturated rings. The Kier molecular flexibility index (Phi) is 5.34. The second kappa shape index (κ2) is 7.44. The Hall–Kier alpha value is -2.34. The maximum Gasteiger partial charge on any atom is 0.257 e. The van der Waals surface area contributed by atoms with E-state index < -0.39 is 5.82 Å². The Bertz CT molecular complexity index is 591. The molecular formula is C15H17FN4O. The van der Waals surface area contributed by atoms with Crippen molar-refractivity contribution >= 4 is 5.91 Å². The number of halogens is 1. The van der Waals surface area contributed by atoms with Crippen molar-refractivity contribution in [2.75, 3.05) is 13.1 Å². The van der Waals surface area contributed by atoms with E-state index in [1.807, 2.05) is 6.07 Å². The molecule has 2 aromatic rings. The number of nitrogens with two attached hydrogens (primary N) is 1. The minimum absolute atomic E-state index is 0.0194. The molecule has 2 aromatic heterocycles. The number of hydrogen-bond acceptors (Lipinski definition) is 4. The number of aromatic nitrogens is 2. The number of rotatable bonds is 6. The summed E-state index contributed by atoms with van der Waals surface area (Å²) in [4.78, 5) is 21.7. The van der Waals surface area contributed by atoms with E-state index in [0.717, 1.165) is 11.8 Å². The second-order valence-electron chi connectivity index (χ2n) is 4.59. The summed E-state index contributed by atoms with van der Waals surface area (Å²) in [6.45, 7) is 1.30. The zero-order chi connectivity index (χ0) is 15.1. The van der Waals surface area contributed by atoms with Crippen molar-refractivity contribution < 1.29 is 9.18 Å². The molecule has 6 heteroatoms. The number of amides is 1. The highest BCUT2D eigenvalue weighted by atomic mass is 19.1. The second-order valence-corrected chi connectivity index (χ2v) is 4.59. The Morgan fingerprint density at radius 1 is 1.24 bits per heavy atom. The van der Waals surface area contributed by atoms with Crippen LogP contribution in [0.5, 0.6) is 0 Å². The summed E-state index contributed by atoms with van der Waals surface area (Å²) >= 11 is 0. The van der Waals surface area contributed by atoms with Crippen LogP contribution in [0.1, 0.15) is 22.3 Å². The summed E-state index contributed by atoms with van der Waals surface area (Å²) in [6, 6.07) is 5.06. The maximum atomic E-state index is 13.7. The molecule has 0 aliphatic heterocycles. The van der Waals surface area contributed by atoms with Gasteiger partial charge in [0.1, 0.15) is 0 Å². The average molecular weight is 288 g/mol. The van der Waals surface area contributed by atoms with Crippen LogP contribution >= 0.6 is 0 Å². The van der Waals surface area contributed by atoms with Crippen LogP contribution < -0.4 is 5.73 Å². The van der Waals surface area contributed by atoms with Crippen LogP contribution in [0.4, 0.5) is 4.39 Å². The van der Waals surface area contributed by atoms with Crippen LogP contribution in [0.3, 0.4) is 0 Å². The van der Waals surface area contributed by atoms with Crippen molar-refractivity contribution in [3.63, 3.8) is 0 Å². The highest BCUT2D eigenvalue weighted by molar-refractivity contribution is 5.94. The smallest absolute Gasteiger partial charge is 0.257 e. The van der Waals surface area contributed by atoms with E-state index >= 15 is 0 Å². The van der Waals surface area contributed by atoms with Gasteiger partial charge in [-0.3, -0.25) is 14.8 Å². The van der Waals surface area contributed by atoms with Gasteiger partial charge in [-0.2, -0.15) is 0 Å². The molecule has 0 unspecified atom stereocenters. The maximum absolute atomic E-state index is 13.7. The van der Waals surface area contributed by atoms with E-state index in [1.54, 1.807) is 23.4 Å². The van der Waals surface area contributed by atoms with Crippen molar-refractivity contribution in [1.29, 1.82) is 0 Å². The first kappa shape index (κ1) is 15.1. The lowest BCUT2D eigenvalue weighted by Gasteiger charge is -2.22. The molecule has 0 saturated carbocycles. The number of hydrogen-bond donors (Lipinski definition) is 1. The Labute approximate surface area is 122 Å². The van der Waals surface area contributed by atoms with Gasteiger partial charge in [-0.05, 0) is 30.7 Å². The summed E-state index contributed by atoms with van der Waals surface area (Å²) in [5, 5.41) is 0. The van der Waals surface area contributed by atoms with Crippen LogP contribution in [0.2, 0.25) is 0 Å². The van der Waals surface area contributed by atoms with Crippen molar-refractivity contribution in [2.24, 2.45) is 5.73 Å². The van der Waals surface area contributed by atoms with E-state index in [2.05, 4.69) is 9.97 Å². The Morgan fingerprint density at radius 2 is 2.05 bits per heavy atom. The van der Waals surface area contributed by atoms with Gasteiger partial charge in [0.25, 0.3) is 5.91 Å². The fraction of sp³-hybridized carbons (Fsp3) is 0.267. The average Bonchev–Trinajstić information content (AvgIpc) is 2.52. The van der Waals surface area contributed by atoms with E-state index in [0.29, 0.717) is 26.1 Å². The van der Waals surface area contributed by atoms with E-state index in [-0.39, 0.29) is 11.5 Å². The van der Waals surface area contributed by atoms with Crippen LogP contribution in [-0.2, 0) is 6.54 Å². The highest BCUT2D eigenvalue weighted by Gasteiger charge is 2.19. The molecule has 0 bridgehead atoms. The number of carbonyl (C=O) groups excluding carboxylic acids is 1. The predicted octanol–water partition coefficient (Wildman–Crippen LogP) is 1.61. The van der Waals surface area contributed by atoms with Gasteiger partial charge in [0.15, 0.2) is 5.82 Å². The molecule has 2 rings (SSSR count). The molecule has 21 heavy (non-hydrogen) atoms. The van der Waals surface area contributed by atoms with Crippen LogP contribution in [0, 0.1) is 5.82 Å². The van der Waals surface area contributed by atoms with Crippen molar-refractivity contribution in [3.05, 3.63) is 59.9 Å². The Morgan fingerprint density at radius 3 is 2.71 bits per heavy atom. The molecule has 0 radical (unpaired) electrons. The summed E-state index contributed by atoms with van der Waals surface area (Å²) in [6.07, 6.45) is 6.45. The molecule has 2 heterocycles. The van der Waals surface area contributed by atoms with Crippen LogP contribution in [0.15, 0.2) is 43.0 Å². The highest BCUT2D eigenvalue weighted by Crippen LogP contribution is 2.12. The predicted molar refractivity (Wildman–Crippen MR) is 76.8 cm³/mol. The van der Waals surface area contributed by atoms with Gasteiger partial charge in [0.2, 0.25) is 0 Å². The fourth-order valence-corrected chi connectivity index (χ4v) is 1.97. The summed E-state index contributed by atoms with van der Waals surface area (Å²) < 4.78 is 13.7. The van der Waals surface area contributed by atoms with Gasteiger partial charge in [0.05, 0.1) is 11.8 Å². The molecule has 0 aliphatic rings. The first-order valence-electron chi connectivity index (χ1n) is 6.70. The van der Waals surface area contributed by atoms with E-state index in [4.69, 9.17) is 5.73 Å². The first-order chi connectivity index (χ1) is 10.2. The number of carbonyl (C=O) groups is 1. The van der Waals surface area contributed by atoms with Crippen LogP contribution in [0.25, 0.3) is 0 Å². The third kappa shape index (κ3) is 4.06. The molecule has 0 spiro atoms. The van der Waals surface area contributed by atoms with Gasteiger partial charge in [0, 0.05) is 31.7 Å². The normalized spacial score (nSPS) is 10.4. The number of nitrogens with zero attached hydrogens (tertiary/aromatic N) is 3. The molecule has 0 aromatic carbocycles. The summed E-state index contributed by atoms with van der Waals surface area (Å²) in [5.74, 6) is -0.987. The lowest BCUT2D eigenvalue weighted by Crippen LogP contribution is -2.33. The molecule has 0 saturated heterocycles. The number of pyridine rings is 2. The molecule has 0 atom stereocenters. The summed E-state index contributed by atoms with van der Waals surface area (Å²) in [5.41, 5.74) is 6.41. The van der Waals surface area contributed by atoms with Gasteiger partial charge in [-0.1, -0.05) is 6.07 Å². The van der Waals surface area contributed by atoms with Crippen molar-refractivity contribution in [2.45, 2.75) is 13.0 Å². The molecule has 5 nitrogen and oxygen atoms in total. The van der Waals surface area contributed by atoms with Crippen molar-refractivity contribution in [1.82, 2.24) is 14.9 Å². The van der Waals surface area contributed by atoms with Gasteiger partial charge < -0.3 is 10.6 Å². The zero-order valence-corrected chi connectivity index (χ0v) is 11.6. The largest absolute Gasteiger partial charge is 0.334 e. The third-order valence-electron chi connectivity index (χ3n) is 3.02. The van der Waals surface area contributed by atoms with E-state index in [9.17, 15) is 9.18 Å². The minimum atomic E-state index is -0.619. The monoisotopic (exact) mass is 288 g/mol. The lowest BCUT2D eigenvalue weighted by molar-refractivity contribution is 0.0737. The topological polar surface area (TPSA) is 72.1 Å². The molecular weight excluding hydrogens is 271 g/mol. The first-order valence-corrected chi connectivity index (χ1v) is 6.70. The quantitative estimate of drug-likeness (QED) is 0.876. The Balaban J connectivity index is 2.19. The minimum Gasteiger partial charge on any atom is -0.334 e. The van der Waals surface area contributed by atoms with Gasteiger partial charge >= 0.3 is 0 Å². The standard InChI is InChI=1S/C15H17FN4O/c16-14-10-19-7-4-13(14)15(21)20(8-2-5-17)11-12-3-1-6-18-9-12/h1,3-4,6-7,9-10H,2,5,8,11,17H2.